The van der Waals surface area contributed by atoms with Gasteiger partial charge < -0.3 is 16.0 Å². The Labute approximate surface area is 172 Å². The molecule has 1 saturated heterocycles. The molecule has 3 heterocycles. The SMILES string of the molecule is C[C@H](Nc1cc(NC2CC2)n2ncc(/C=C3\NC(=O)NC3=O)c2n1)c1ccccc1. The molecule has 9 nitrogen and oxygen atoms in total. The minimum Gasteiger partial charge on any atom is -0.367 e. The van der Waals surface area contributed by atoms with Crippen LogP contribution in [0.2, 0.25) is 0 Å². The van der Waals surface area contributed by atoms with E-state index < -0.39 is 11.9 Å². The van der Waals surface area contributed by atoms with E-state index in [0.717, 1.165) is 24.2 Å². The van der Waals surface area contributed by atoms with Gasteiger partial charge in [-0.05, 0) is 31.4 Å². The summed E-state index contributed by atoms with van der Waals surface area (Å²) in [5.41, 5.74) is 2.54. The summed E-state index contributed by atoms with van der Waals surface area (Å²) in [6.45, 7) is 2.08. The van der Waals surface area contributed by atoms with E-state index in [4.69, 9.17) is 4.98 Å². The lowest BCUT2D eigenvalue weighted by Gasteiger charge is -2.17. The quantitative estimate of drug-likeness (QED) is 0.372. The van der Waals surface area contributed by atoms with Crippen molar-refractivity contribution in [3.05, 3.63) is 59.4 Å². The summed E-state index contributed by atoms with van der Waals surface area (Å²) in [4.78, 5) is 28.0. The van der Waals surface area contributed by atoms with Crippen LogP contribution in [0, 0.1) is 0 Å². The van der Waals surface area contributed by atoms with Gasteiger partial charge in [0.15, 0.2) is 5.65 Å². The Morgan fingerprint density at radius 1 is 1.20 bits per heavy atom. The molecule has 9 heteroatoms. The molecule has 30 heavy (non-hydrogen) atoms. The summed E-state index contributed by atoms with van der Waals surface area (Å²) < 4.78 is 1.72. The molecular weight excluding hydrogens is 382 g/mol. The number of imide groups is 1. The van der Waals surface area contributed by atoms with Crippen LogP contribution in [0.3, 0.4) is 0 Å². The number of carbonyl (C=O) groups is 2. The second-order valence-electron chi connectivity index (χ2n) is 7.52. The zero-order valence-electron chi connectivity index (χ0n) is 16.3. The molecule has 0 radical (unpaired) electrons. The number of urea groups is 1. The van der Waals surface area contributed by atoms with Gasteiger partial charge in [-0.25, -0.2) is 9.78 Å². The third kappa shape index (κ3) is 3.57. The topological polar surface area (TPSA) is 112 Å². The van der Waals surface area contributed by atoms with Crippen molar-refractivity contribution >= 4 is 35.3 Å². The molecule has 1 aliphatic heterocycles. The van der Waals surface area contributed by atoms with Crippen LogP contribution in [0.25, 0.3) is 11.7 Å². The number of aromatic nitrogens is 3. The molecule has 0 spiro atoms. The van der Waals surface area contributed by atoms with Crippen LogP contribution < -0.4 is 21.3 Å². The predicted octanol–water partition coefficient (Wildman–Crippen LogP) is 2.66. The molecule has 5 rings (SSSR count). The molecule has 4 N–H and O–H groups in total. The monoisotopic (exact) mass is 403 g/mol. The summed E-state index contributed by atoms with van der Waals surface area (Å²) >= 11 is 0. The molecule has 2 fully saturated rings. The number of hydrogen-bond donors (Lipinski definition) is 4. The second kappa shape index (κ2) is 7.18. The van der Waals surface area contributed by atoms with Crippen LogP contribution in [-0.4, -0.2) is 32.6 Å². The van der Waals surface area contributed by atoms with E-state index in [1.165, 1.54) is 0 Å². The second-order valence-corrected chi connectivity index (χ2v) is 7.52. The number of benzene rings is 1. The van der Waals surface area contributed by atoms with Crippen LogP contribution >= 0.6 is 0 Å². The number of fused-ring (bicyclic) bond motifs is 1. The van der Waals surface area contributed by atoms with Crippen LogP contribution in [0.5, 0.6) is 0 Å². The molecule has 152 valence electrons. The Kier molecular flexibility index (Phi) is 4.35. The maximum Gasteiger partial charge on any atom is 0.326 e. The van der Waals surface area contributed by atoms with Gasteiger partial charge in [0.2, 0.25) is 0 Å². The number of carbonyl (C=O) groups excluding carboxylic acids is 2. The molecule has 2 aromatic heterocycles. The summed E-state index contributed by atoms with van der Waals surface area (Å²) in [5.74, 6) is 1.06. The minimum atomic E-state index is -0.536. The van der Waals surface area contributed by atoms with Gasteiger partial charge in [-0.15, -0.1) is 0 Å². The van der Waals surface area contributed by atoms with Gasteiger partial charge in [0.1, 0.15) is 17.3 Å². The van der Waals surface area contributed by atoms with Crippen LogP contribution in [0.4, 0.5) is 16.4 Å². The van der Waals surface area contributed by atoms with Crippen LogP contribution in [0.15, 0.2) is 48.3 Å². The normalized spacial score (nSPS) is 18.4. The highest BCUT2D eigenvalue weighted by molar-refractivity contribution is 6.14. The standard InChI is InChI=1S/C21H21N7O2/c1-12(13-5-3-2-4-6-13)23-17-10-18(24-15-7-8-15)28-19(26-17)14(11-22-28)9-16-20(29)27-21(30)25-16/h2-6,9-12,15,24H,7-8H2,1H3,(H,23,26)(H2,25,27,29,30)/b16-9-/t12-/m0/s1. The highest BCUT2D eigenvalue weighted by Gasteiger charge is 2.25. The zero-order chi connectivity index (χ0) is 20.7. The molecule has 1 saturated carbocycles. The third-order valence-corrected chi connectivity index (χ3v) is 5.11. The molecule has 3 amide bonds. The van der Waals surface area contributed by atoms with Gasteiger partial charge >= 0.3 is 6.03 Å². The summed E-state index contributed by atoms with van der Waals surface area (Å²) in [5, 5.41) is 16.1. The van der Waals surface area contributed by atoms with Crippen molar-refractivity contribution in [2.45, 2.75) is 31.8 Å². The van der Waals surface area contributed by atoms with Gasteiger partial charge in [-0.2, -0.15) is 9.61 Å². The number of nitrogens with zero attached hydrogens (tertiary/aromatic N) is 3. The summed E-state index contributed by atoms with van der Waals surface area (Å²) in [6.07, 6.45) is 5.46. The largest absolute Gasteiger partial charge is 0.367 e. The summed E-state index contributed by atoms with van der Waals surface area (Å²) in [7, 11) is 0. The van der Waals surface area contributed by atoms with Crippen molar-refractivity contribution in [2.24, 2.45) is 0 Å². The molecule has 2 aliphatic rings. The molecule has 1 atom stereocenters. The van der Waals surface area contributed by atoms with E-state index in [0.29, 0.717) is 23.1 Å². The van der Waals surface area contributed by atoms with E-state index >= 15 is 0 Å². The van der Waals surface area contributed by atoms with Crippen molar-refractivity contribution < 1.29 is 9.59 Å². The Balaban J connectivity index is 1.53. The van der Waals surface area contributed by atoms with Gasteiger partial charge in [0.25, 0.3) is 5.91 Å². The smallest absolute Gasteiger partial charge is 0.326 e. The lowest BCUT2D eigenvalue weighted by Crippen LogP contribution is -2.22. The Morgan fingerprint density at radius 2 is 2.00 bits per heavy atom. The third-order valence-electron chi connectivity index (χ3n) is 5.11. The maximum absolute atomic E-state index is 11.9. The first-order valence-corrected chi connectivity index (χ1v) is 9.87. The zero-order valence-corrected chi connectivity index (χ0v) is 16.3. The first kappa shape index (κ1) is 18.2. The van der Waals surface area contributed by atoms with Crippen molar-refractivity contribution in [3.63, 3.8) is 0 Å². The van der Waals surface area contributed by atoms with Gasteiger partial charge in [-0.1, -0.05) is 30.3 Å². The highest BCUT2D eigenvalue weighted by Crippen LogP contribution is 2.28. The Bertz CT molecular complexity index is 1160. The average Bonchev–Trinajstić information content (AvgIpc) is 3.37. The van der Waals surface area contributed by atoms with Crippen molar-refractivity contribution in [1.29, 1.82) is 0 Å². The van der Waals surface area contributed by atoms with Crippen LogP contribution in [0.1, 0.15) is 36.9 Å². The average molecular weight is 403 g/mol. The van der Waals surface area contributed by atoms with E-state index in [1.807, 2.05) is 24.3 Å². The summed E-state index contributed by atoms with van der Waals surface area (Å²) in [6, 6.07) is 12.0. The van der Waals surface area contributed by atoms with E-state index in [9.17, 15) is 9.59 Å². The predicted molar refractivity (Wildman–Crippen MR) is 113 cm³/mol. The maximum atomic E-state index is 11.9. The number of nitrogens with one attached hydrogen (secondary N) is 4. The molecule has 0 bridgehead atoms. The van der Waals surface area contributed by atoms with Gasteiger partial charge in [0, 0.05) is 23.7 Å². The Morgan fingerprint density at radius 3 is 2.70 bits per heavy atom. The molecule has 3 aromatic rings. The number of hydrogen-bond acceptors (Lipinski definition) is 6. The van der Waals surface area contributed by atoms with Crippen LogP contribution in [-0.2, 0) is 4.79 Å². The van der Waals surface area contributed by atoms with Crippen molar-refractivity contribution in [2.75, 3.05) is 10.6 Å². The molecule has 1 aromatic carbocycles. The Hall–Kier alpha value is -3.88. The highest BCUT2D eigenvalue weighted by atomic mass is 16.2. The van der Waals surface area contributed by atoms with E-state index in [2.05, 4.69) is 45.4 Å². The van der Waals surface area contributed by atoms with Gasteiger partial charge in [-0.3, -0.25) is 10.1 Å². The fourth-order valence-electron chi connectivity index (χ4n) is 3.38. The lowest BCUT2D eigenvalue weighted by atomic mass is 10.1. The van der Waals surface area contributed by atoms with Gasteiger partial charge in [0.05, 0.1) is 6.20 Å². The molecule has 1 aliphatic carbocycles. The van der Waals surface area contributed by atoms with E-state index in [-0.39, 0.29) is 11.7 Å². The fourth-order valence-corrected chi connectivity index (χ4v) is 3.38. The number of rotatable bonds is 6. The first-order chi connectivity index (χ1) is 14.6. The lowest BCUT2D eigenvalue weighted by molar-refractivity contribution is -0.115. The number of anilines is 2. The first-order valence-electron chi connectivity index (χ1n) is 9.87. The molecular formula is C21H21N7O2. The molecule has 0 unspecified atom stereocenters. The minimum absolute atomic E-state index is 0.0551. The van der Waals surface area contributed by atoms with Crippen molar-refractivity contribution in [3.8, 4) is 0 Å². The van der Waals surface area contributed by atoms with Crippen molar-refractivity contribution in [1.82, 2.24) is 25.2 Å². The fraction of sp³-hybridized carbons (Fsp3) is 0.238. The van der Waals surface area contributed by atoms with E-state index in [1.54, 1.807) is 16.8 Å². The number of amides is 3.